The Bertz CT molecular complexity index is 426. The minimum Gasteiger partial charge on any atom is -0.371 e. The van der Waals surface area contributed by atoms with Crippen molar-refractivity contribution >= 4 is 23.6 Å². The molecule has 0 amide bonds. The first-order valence-corrected chi connectivity index (χ1v) is 6.65. The van der Waals surface area contributed by atoms with Gasteiger partial charge in [-0.1, -0.05) is 11.6 Å². The van der Waals surface area contributed by atoms with Crippen LogP contribution in [0.4, 0.5) is 5.69 Å². The number of carbonyl (C=O) groups is 1. The van der Waals surface area contributed by atoms with E-state index in [1.54, 1.807) is 12.1 Å². The van der Waals surface area contributed by atoms with Crippen LogP contribution in [-0.2, 0) is 0 Å². The summed E-state index contributed by atoms with van der Waals surface area (Å²) in [6.45, 7) is 1.95. The van der Waals surface area contributed by atoms with Crippen molar-refractivity contribution in [3.8, 4) is 0 Å². The first kappa shape index (κ1) is 13.4. The van der Waals surface area contributed by atoms with E-state index in [1.165, 1.54) is 0 Å². The minimum absolute atomic E-state index is 0.639. The summed E-state index contributed by atoms with van der Waals surface area (Å²) in [6, 6.07) is 6.09. The number of benzene rings is 1. The molecule has 0 aromatic heterocycles. The van der Waals surface area contributed by atoms with Crippen LogP contribution < -0.4 is 4.90 Å². The van der Waals surface area contributed by atoms with Crippen LogP contribution in [-0.4, -0.2) is 44.4 Å². The lowest BCUT2D eigenvalue weighted by Gasteiger charge is -2.37. The highest BCUT2D eigenvalue weighted by Crippen LogP contribution is 2.27. The lowest BCUT2D eigenvalue weighted by Crippen LogP contribution is -2.42. The number of piperidine rings is 1. The van der Waals surface area contributed by atoms with E-state index in [0.29, 0.717) is 11.1 Å². The Morgan fingerprint density at radius 2 is 2.00 bits per heavy atom. The van der Waals surface area contributed by atoms with E-state index < -0.39 is 0 Å². The van der Waals surface area contributed by atoms with Crippen molar-refractivity contribution in [2.24, 2.45) is 0 Å². The van der Waals surface area contributed by atoms with Crippen molar-refractivity contribution in [1.29, 1.82) is 0 Å². The zero-order valence-corrected chi connectivity index (χ0v) is 11.7. The highest BCUT2D eigenvalue weighted by atomic mass is 35.5. The summed E-state index contributed by atoms with van der Waals surface area (Å²) in [5.41, 5.74) is 1.69. The predicted molar refractivity (Wildman–Crippen MR) is 75.8 cm³/mol. The van der Waals surface area contributed by atoms with Crippen molar-refractivity contribution in [2.75, 3.05) is 32.1 Å². The van der Waals surface area contributed by atoms with E-state index in [4.69, 9.17) is 11.6 Å². The summed E-state index contributed by atoms with van der Waals surface area (Å²) in [6.07, 6.45) is 3.15. The van der Waals surface area contributed by atoms with E-state index >= 15 is 0 Å². The summed E-state index contributed by atoms with van der Waals surface area (Å²) in [4.78, 5) is 15.6. The van der Waals surface area contributed by atoms with Crippen LogP contribution in [0.25, 0.3) is 0 Å². The molecule has 0 spiro atoms. The first-order valence-electron chi connectivity index (χ1n) is 6.28. The fourth-order valence-electron chi connectivity index (χ4n) is 2.51. The molecule has 0 unspecified atom stereocenters. The normalized spacial score (nSPS) is 17.2. The average molecular weight is 267 g/mol. The molecule has 1 aliphatic rings. The Kier molecular flexibility index (Phi) is 4.25. The highest BCUT2D eigenvalue weighted by Gasteiger charge is 2.22. The number of nitrogens with zero attached hydrogens (tertiary/aromatic N) is 2. The van der Waals surface area contributed by atoms with Gasteiger partial charge >= 0.3 is 0 Å². The van der Waals surface area contributed by atoms with Crippen LogP contribution in [0.5, 0.6) is 0 Å². The number of rotatable bonds is 3. The fraction of sp³-hybridized carbons (Fsp3) is 0.500. The molecule has 3 nitrogen and oxygen atoms in total. The van der Waals surface area contributed by atoms with Crippen LogP contribution in [0.2, 0.25) is 5.02 Å². The number of anilines is 1. The van der Waals surface area contributed by atoms with Crippen LogP contribution in [0, 0.1) is 0 Å². The molecule has 0 saturated carbocycles. The molecule has 1 saturated heterocycles. The van der Waals surface area contributed by atoms with Gasteiger partial charge in [0.25, 0.3) is 0 Å². The van der Waals surface area contributed by atoms with E-state index in [1.807, 2.05) is 6.07 Å². The highest BCUT2D eigenvalue weighted by molar-refractivity contribution is 6.31. The second-order valence-corrected chi connectivity index (χ2v) is 5.44. The molecule has 2 rings (SSSR count). The Morgan fingerprint density at radius 1 is 1.33 bits per heavy atom. The molecule has 98 valence electrons. The summed E-state index contributed by atoms with van der Waals surface area (Å²) in [5, 5.41) is 0.685. The standard InChI is InChI=1S/C14H19ClN2O/c1-16(2)13-5-7-17(8-6-13)14-9-12(15)4-3-11(14)10-18/h3-4,9-10,13H,5-8H2,1-2H3. The zero-order valence-electron chi connectivity index (χ0n) is 10.9. The van der Waals surface area contributed by atoms with Gasteiger partial charge in [-0.2, -0.15) is 0 Å². The molecule has 18 heavy (non-hydrogen) atoms. The molecule has 1 heterocycles. The van der Waals surface area contributed by atoms with Gasteiger partial charge in [-0.3, -0.25) is 4.79 Å². The van der Waals surface area contributed by atoms with Crippen LogP contribution in [0.15, 0.2) is 18.2 Å². The predicted octanol–water partition coefficient (Wildman–Crippen LogP) is 2.68. The third kappa shape index (κ3) is 2.85. The molecule has 1 aromatic carbocycles. The first-order chi connectivity index (χ1) is 8.61. The van der Waals surface area contributed by atoms with Crippen LogP contribution >= 0.6 is 11.6 Å². The van der Waals surface area contributed by atoms with Crippen molar-refractivity contribution < 1.29 is 4.79 Å². The molecule has 0 N–H and O–H groups in total. The van der Waals surface area contributed by atoms with Gasteiger partial charge < -0.3 is 9.80 Å². The Morgan fingerprint density at radius 3 is 2.56 bits per heavy atom. The van der Waals surface area contributed by atoms with E-state index in [2.05, 4.69) is 23.9 Å². The van der Waals surface area contributed by atoms with E-state index in [9.17, 15) is 4.79 Å². The van der Waals surface area contributed by atoms with E-state index in [0.717, 1.165) is 43.5 Å². The summed E-state index contributed by atoms with van der Waals surface area (Å²) in [7, 11) is 4.24. The molecule has 1 fully saturated rings. The van der Waals surface area contributed by atoms with Gasteiger partial charge in [0, 0.05) is 35.4 Å². The smallest absolute Gasteiger partial charge is 0.152 e. The monoisotopic (exact) mass is 266 g/mol. The number of hydrogen-bond acceptors (Lipinski definition) is 3. The number of hydrogen-bond donors (Lipinski definition) is 0. The molecular formula is C14H19ClN2O. The maximum Gasteiger partial charge on any atom is 0.152 e. The molecule has 4 heteroatoms. The van der Waals surface area contributed by atoms with Gasteiger partial charge in [0.1, 0.15) is 0 Å². The summed E-state index contributed by atoms with van der Waals surface area (Å²) >= 11 is 6.02. The van der Waals surface area contributed by atoms with E-state index in [-0.39, 0.29) is 0 Å². The SMILES string of the molecule is CN(C)C1CCN(c2cc(Cl)ccc2C=O)CC1. The molecule has 0 aliphatic carbocycles. The lowest BCUT2D eigenvalue weighted by atomic mass is 10.0. The van der Waals surface area contributed by atoms with Crippen molar-refractivity contribution in [3.63, 3.8) is 0 Å². The molecule has 0 atom stereocenters. The largest absolute Gasteiger partial charge is 0.371 e. The molecule has 0 bridgehead atoms. The topological polar surface area (TPSA) is 23.6 Å². The maximum absolute atomic E-state index is 11.1. The summed E-state index contributed by atoms with van der Waals surface area (Å²) < 4.78 is 0. The van der Waals surface area contributed by atoms with Gasteiger partial charge in [-0.25, -0.2) is 0 Å². The molecule has 1 aromatic rings. The third-order valence-corrected chi connectivity index (χ3v) is 3.89. The van der Waals surface area contributed by atoms with Gasteiger partial charge in [-0.05, 0) is 45.1 Å². The molecule has 1 aliphatic heterocycles. The number of halogens is 1. The average Bonchev–Trinajstić information content (AvgIpc) is 2.39. The van der Waals surface area contributed by atoms with Crippen LogP contribution in [0.1, 0.15) is 23.2 Å². The van der Waals surface area contributed by atoms with Gasteiger partial charge in [0.15, 0.2) is 6.29 Å². The van der Waals surface area contributed by atoms with Gasteiger partial charge in [-0.15, -0.1) is 0 Å². The number of aldehydes is 1. The van der Waals surface area contributed by atoms with Crippen molar-refractivity contribution in [2.45, 2.75) is 18.9 Å². The second kappa shape index (κ2) is 5.72. The van der Waals surface area contributed by atoms with Crippen molar-refractivity contribution in [3.05, 3.63) is 28.8 Å². The second-order valence-electron chi connectivity index (χ2n) is 5.00. The Hall–Kier alpha value is -1.06. The zero-order chi connectivity index (χ0) is 13.1. The molecular weight excluding hydrogens is 248 g/mol. The summed E-state index contributed by atoms with van der Waals surface area (Å²) in [5.74, 6) is 0. The minimum atomic E-state index is 0.639. The lowest BCUT2D eigenvalue weighted by molar-refractivity contribution is 0.112. The third-order valence-electron chi connectivity index (χ3n) is 3.65. The van der Waals surface area contributed by atoms with Crippen LogP contribution in [0.3, 0.4) is 0 Å². The van der Waals surface area contributed by atoms with Gasteiger partial charge in [0.05, 0.1) is 0 Å². The Balaban J connectivity index is 2.14. The quantitative estimate of drug-likeness (QED) is 0.786. The maximum atomic E-state index is 11.1. The fourth-order valence-corrected chi connectivity index (χ4v) is 2.68. The van der Waals surface area contributed by atoms with Crippen molar-refractivity contribution in [1.82, 2.24) is 4.90 Å². The van der Waals surface area contributed by atoms with Gasteiger partial charge in [0.2, 0.25) is 0 Å². The Labute approximate surface area is 113 Å². The number of carbonyl (C=O) groups excluding carboxylic acids is 1. The molecule has 0 radical (unpaired) electrons.